The third kappa shape index (κ3) is 1.40. The van der Waals surface area contributed by atoms with Crippen LogP contribution in [0.2, 0.25) is 5.02 Å². The van der Waals surface area contributed by atoms with Gasteiger partial charge in [-0.1, -0.05) is 23.7 Å². The number of nitrogens with zero attached hydrogens (tertiary/aromatic N) is 3. The number of aryl methyl sites for hydroxylation is 2. The highest BCUT2D eigenvalue weighted by molar-refractivity contribution is 6.32. The molecule has 2 rings (SSSR count). The molecule has 0 aliphatic rings. The van der Waals surface area contributed by atoms with E-state index in [9.17, 15) is 0 Å². The summed E-state index contributed by atoms with van der Waals surface area (Å²) in [5.41, 5.74) is 0.925. The molecule has 1 aromatic carbocycles. The van der Waals surface area contributed by atoms with Gasteiger partial charge in [0.1, 0.15) is 11.6 Å². The molecule has 2 aromatic rings. The van der Waals surface area contributed by atoms with E-state index in [4.69, 9.17) is 11.6 Å². The van der Waals surface area contributed by atoms with Gasteiger partial charge in [-0.2, -0.15) is 0 Å². The van der Waals surface area contributed by atoms with E-state index in [1.54, 1.807) is 0 Å². The SMILES string of the molecule is Cc1nnc(C)n1-c1ccccc1Cl. The van der Waals surface area contributed by atoms with Gasteiger partial charge in [-0.05, 0) is 26.0 Å². The molecule has 0 aliphatic heterocycles. The zero-order valence-electron chi connectivity index (χ0n) is 8.03. The van der Waals surface area contributed by atoms with Crippen LogP contribution in [0.4, 0.5) is 0 Å². The van der Waals surface area contributed by atoms with Crippen molar-refractivity contribution < 1.29 is 0 Å². The lowest BCUT2D eigenvalue weighted by atomic mass is 10.3. The van der Waals surface area contributed by atoms with Crippen LogP contribution in [0.5, 0.6) is 0 Å². The van der Waals surface area contributed by atoms with Gasteiger partial charge in [-0.15, -0.1) is 10.2 Å². The van der Waals surface area contributed by atoms with E-state index >= 15 is 0 Å². The first-order valence-corrected chi connectivity index (χ1v) is 4.71. The Bertz CT molecular complexity index is 443. The lowest BCUT2D eigenvalue weighted by Crippen LogP contribution is -1.99. The van der Waals surface area contributed by atoms with Crippen molar-refractivity contribution >= 4 is 11.6 Å². The van der Waals surface area contributed by atoms with Crippen LogP contribution in [0.25, 0.3) is 5.69 Å². The Morgan fingerprint density at radius 3 is 2.21 bits per heavy atom. The van der Waals surface area contributed by atoms with Crippen LogP contribution in [0, 0.1) is 13.8 Å². The molecular formula is C10H10ClN3. The van der Waals surface area contributed by atoms with Crippen LogP contribution >= 0.6 is 11.6 Å². The van der Waals surface area contributed by atoms with E-state index in [2.05, 4.69) is 10.2 Å². The van der Waals surface area contributed by atoms with E-state index in [0.717, 1.165) is 17.3 Å². The van der Waals surface area contributed by atoms with Crippen molar-refractivity contribution in [2.75, 3.05) is 0 Å². The molecule has 0 unspecified atom stereocenters. The lowest BCUT2D eigenvalue weighted by Gasteiger charge is -2.07. The van der Waals surface area contributed by atoms with Gasteiger partial charge in [-0.25, -0.2) is 0 Å². The van der Waals surface area contributed by atoms with Gasteiger partial charge in [0.2, 0.25) is 0 Å². The topological polar surface area (TPSA) is 30.7 Å². The fourth-order valence-electron chi connectivity index (χ4n) is 1.45. The van der Waals surface area contributed by atoms with Crippen LogP contribution < -0.4 is 0 Å². The summed E-state index contributed by atoms with van der Waals surface area (Å²) in [6, 6.07) is 7.66. The summed E-state index contributed by atoms with van der Waals surface area (Å²) in [6.07, 6.45) is 0. The molecule has 0 amide bonds. The average molecular weight is 208 g/mol. The third-order valence-corrected chi connectivity index (χ3v) is 2.40. The quantitative estimate of drug-likeness (QED) is 0.720. The number of halogens is 1. The Hall–Kier alpha value is -1.35. The fraction of sp³-hybridized carbons (Fsp3) is 0.200. The molecule has 0 aliphatic carbocycles. The number of hydrogen-bond acceptors (Lipinski definition) is 2. The molecule has 1 aromatic heterocycles. The molecule has 0 saturated carbocycles. The highest BCUT2D eigenvalue weighted by Gasteiger charge is 2.08. The van der Waals surface area contributed by atoms with Crippen molar-refractivity contribution in [3.63, 3.8) is 0 Å². The van der Waals surface area contributed by atoms with Gasteiger partial charge in [0.25, 0.3) is 0 Å². The van der Waals surface area contributed by atoms with Gasteiger partial charge < -0.3 is 0 Å². The lowest BCUT2D eigenvalue weighted by molar-refractivity contribution is 0.938. The second-order valence-corrected chi connectivity index (χ2v) is 3.49. The first-order valence-electron chi connectivity index (χ1n) is 4.33. The Balaban J connectivity index is 2.66. The molecule has 4 heteroatoms. The smallest absolute Gasteiger partial charge is 0.134 e. The summed E-state index contributed by atoms with van der Waals surface area (Å²) in [5.74, 6) is 1.69. The zero-order chi connectivity index (χ0) is 10.1. The molecule has 1 heterocycles. The summed E-state index contributed by atoms with van der Waals surface area (Å²) in [7, 11) is 0. The predicted octanol–water partition coefficient (Wildman–Crippen LogP) is 2.54. The fourth-order valence-corrected chi connectivity index (χ4v) is 1.67. The molecule has 72 valence electrons. The molecule has 3 nitrogen and oxygen atoms in total. The van der Waals surface area contributed by atoms with Crippen molar-refractivity contribution in [3.8, 4) is 5.69 Å². The summed E-state index contributed by atoms with van der Waals surface area (Å²) in [4.78, 5) is 0. The van der Waals surface area contributed by atoms with Crippen LogP contribution in [-0.4, -0.2) is 14.8 Å². The highest BCUT2D eigenvalue weighted by Crippen LogP contribution is 2.21. The average Bonchev–Trinajstić information content (AvgIpc) is 2.48. The molecule has 0 atom stereocenters. The van der Waals surface area contributed by atoms with E-state index in [1.807, 2.05) is 42.7 Å². The zero-order valence-corrected chi connectivity index (χ0v) is 8.78. The second-order valence-electron chi connectivity index (χ2n) is 3.08. The summed E-state index contributed by atoms with van der Waals surface area (Å²) < 4.78 is 1.93. The number of aromatic nitrogens is 3. The maximum Gasteiger partial charge on any atom is 0.134 e. The van der Waals surface area contributed by atoms with Crippen LogP contribution in [-0.2, 0) is 0 Å². The second kappa shape index (κ2) is 3.42. The number of hydrogen-bond donors (Lipinski definition) is 0. The first kappa shape index (κ1) is 9.21. The molecular weight excluding hydrogens is 198 g/mol. The Morgan fingerprint density at radius 2 is 1.64 bits per heavy atom. The van der Waals surface area contributed by atoms with E-state index in [0.29, 0.717) is 5.02 Å². The van der Waals surface area contributed by atoms with Crippen molar-refractivity contribution in [2.45, 2.75) is 13.8 Å². The Labute approximate surface area is 87.3 Å². The van der Waals surface area contributed by atoms with Gasteiger partial charge in [-0.3, -0.25) is 4.57 Å². The van der Waals surface area contributed by atoms with E-state index in [-0.39, 0.29) is 0 Å². The number of para-hydroxylation sites is 1. The molecule has 0 spiro atoms. The van der Waals surface area contributed by atoms with Crippen LogP contribution in [0.15, 0.2) is 24.3 Å². The van der Waals surface area contributed by atoms with Crippen molar-refractivity contribution in [2.24, 2.45) is 0 Å². The van der Waals surface area contributed by atoms with Crippen molar-refractivity contribution in [1.82, 2.24) is 14.8 Å². The van der Waals surface area contributed by atoms with Gasteiger partial charge in [0, 0.05) is 0 Å². The normalized spacial score (nSPS) is 10.5. The summed E-state index contributed by atoms with van der Waals surface area (Å²) >= 11 is 6.08. The van der Waals surface area contributed by atoms with E-state index < -0.39 is 0 Å². The predicted molar refractivity (Wildman–Crippen MR) is 55.8 cm³/mol. The molecule has 0 fully saturated rings. The molecule has 0 radical (unpaired) electrons. The van der Waals surface area contributed by atoms with E-state index in [1.165, 1.54) is 0 Å². The molecule has 0 N–H and O–H groups in total. The molecule has 0 saturated heterocycles. The van der Waals surface area contributed by atoms with Crippen molar-refractivity contribution in [1.29, 1.82) is 0 Å². The third-order valence-electron chi connectivity index (χ3n) is 2.08. The molecule has 0 bridgehead atoms. The van der Waals surface area contributed by atoms with Gasteiger partial charge in [0.05, 0.1) is 10.7 Å². The minimum Gasteiger partial charge on any atom is -0.282 e. The number of rotatable bonds is 1. The summed E-state index contributed by atoms with van der Waals surface area (Å²) in [5, 5.41) is 8.68. The highest BCUT2D eigenvalue weighted by atomic mass is 35.5. The van der Waals surface area contributed by atoms with Crippen LogP contribution in [0.1, 0.15) is 11.6 Å². The first-order chi connectivity index (χ1) is 6.70. The monoisotopic (exact) mass is 207 g/mol. The largest absolute Gasteiger partial charge is 0.282 e. The maximum atomic E-state index is 6.08. The minimum atomic E-state index is 0.707. The van der Waals surface area contributed by atoms with Crippen molar-refractivity contribution in [3.05, 3.63) is 40.9 Å². The standard InChI is InChI=1S/C10H10ClN3/c1-7-12-13-8(2)14(7)10-6-4-3-5-9(10)11/h3-6H,1-2H3. The summed E-state index contributed by atoms with van der Waals surface area (Å²) in [6.45, 7) is 3.81. The molecule has 14 heavy (non-hydrogen) atoms. The minimum absolute atomic E-state index is 0.707. The van der Waals surface area contributed by atoms with Gasteiger partial charge in [0.15, 0.2) is 0 Å². The van der Waals surface area contributed by atoms with Crippen LogP contribution in [0.3, 0.4) is 0 Å². The number of benzene rings is 1. The van der Waals surface area contributed by atoms with Gasteiger partial charge >= 0.3 is 0 Å². The maximum absolute atomic E-state index is 6.08. The Kier molecular flexibility index (Phi) is 2.25. The Morgan fingerprint density at radius 1 is 1.07 bits per heavy atom.